The van der Waals surface area contributed by atoms with Gasteiger partial charge in [-0.3, -0.25) is 9.69 Å². The quantitative estimate of drug-likeness (QED) is 0.725. The molecule has 0 aliphatic carbocycles. The smallest absolute Gasteiger partial charge is 0.339 e. The van der Waals surface area contributed by atoms with Gasteiger partial charge in [0.1, 0.15) is 5.82 Å². The Balaban J connectivity index is 2.18. The van der Waals surface area contributed by atoms with E-state index in [0.717, 1.165) is 0 Å². The molecule has 1 aliphatic heterocycles. The number of amides is 1. The number of carbonyl (C=O) groups is 2. The molecule has 2 rings (SSSR count). The van der Waals surface area contributed by atoms with E-state index in [2.05, 4.69) is 9.72 Å². The molecule has 90 valence electrons. The number of esters is 1. The van der Waals surface area contributed by atoms with E-state index in [-0.39, 0.29) is 11.9 Å². The summed E-state index contributed by atoms with van der Waals surface area (Å²) in [5.41, 5.74) is 6.04. The first-order valence-corrected chi connectivity index (χ1v) is 5.22. The van der Waals surface area contributed by atoms with E-state index >= 15 is 0 Å². The molecule has 0 aromatic carbocycles. The number of aromatic nitrogens is 1. The average Bonchev–Trinajstić information content (AvgIpc) is 2.68. The fourth-order valence-electron chi connectivity index (χ4n) is 1.74. The number of nitrogens with zero attached hydrogens (tertiary/aromatic N) is 2. The van der Waals surface area contributed by atoms with E-state index in [1.807, 2.05) is 0 Å². The van der Waals surface area contributed by atoms with Gasteiger partial charge in [-0.2, -0.15) is 0 Å². The Hall–Kier alpha value is -1.95. The maximum atomic E-state index is 11.6. The third kappa shape index (κ3) is 2.26. The fraction of sp³-hybridized carbons (Fsp3) is 0.364. The van der Waals surface area contributed by atoms with Gasteiger partial charge < -0.3 is 10.5 Å². The molecule has 1 amide bonds. The molecule has 6 heteroatoms. The first-order chi connectivity index (χ1) is 8.11. The van der Waals surface area contributed by atoms with Crippen molar-refractivity contribution in [2.24, 2.45) is 5.73 Å². The molecule has 1 aromatic rings. The maximum absolute atomic E-state index is 11.6. The molecular formula is C11H13N3O3. The summed E-state index contributed by atoms with van der Waals surface area (Å²) in [7, 11) is 1.30. The minimum atomic E-state index is -0.450. The molecule has 2 N–H and O–H groups in total. The van der Waals surface area contributed by atoms with Crippen LogP contribution in [0.1, 0.15) is 16.8 Å². The Labute approximate surface area is 98.4 Å². The van der Waals surface area contributed by atoms with Gasteiger partial charge >= 0.3 is 5.97 Å². The van der Waals surface area contributed by atoms with Crippen LogP contribution in [0, 0.1) is 0 Å². The van der Waals surface area contributed by atoms with Gasteiger partial charge in [0.2, 0.25) is 5.91 Å². The van der Waals surface area contributed by atoms with E-state index in [1.165, 1.54) is 18.2 Å². The highest BCUT2D eigenvalue weighted by Crippen LogP contribution is 2.18. The first-order valence-electron chi connectivity index (χ1n) is 5.22. The zero-order valence-corrected chi connectivity index (χ0v) is 9.42. The van der Waals surface area contributed by atoms with E-state index in [9.17, 15) is 9.59 Å². The lowest BCUT2D eigenvalue weighted by molar-refractivity contribution is -0.117. The normalized spacial score (nSPS) is 19.5. The number of hydrogen-bond acceptors (Lipinski definition) is 5. The van der Waals surface area contributed by atoms with Crippen LogP contribution in [-0.2, 0) is 9.53 Å². The van der Waals surface area contributed by atoms with Gasteiger partial charge in [0, 0.05) is 25.2 Å². The monoisotopic (exact) mass is 235 g/mol. The number of nitrogens with two attached hydrogens (primary N) is 1. The summed E-state index contributed by atoms with van der Waals surface area (Å²) >= 11 is 0. The third-order valence-electron chi connectivity index (χ3n) is 2.60. The van der Waals surface area contributed by atoms with Crippen molar-refractivity contribution in [3.05, 3.63) is 23.9 Å². The van der Waals surface area contributed by atoms with Gasteiger partial charge in [0.25, 0.3) is 0 Å². The molecule has 1 unspecified atom stereocenters. The van der Waals surface area contributed by atoms with E-state index in [0.29, 0.717) is 24.3 Å². The van der Waals surface area contributed by atoms with Gasteiger partial charge in [0.05, 0.1) is 12.7 Å². The lowest BCUT2D eigenvalue weighted by Gasteiger charge is -2.14. The zero-order chi connectivity index (χ0) is 12.4. The molecule has 1 fully saturated rings. The SMILES string of the molecule is COC(=O)c1ccc(N2CC(N)CC2=O)nc1. The first kappa shape index (κ1) is 11.5. The molecule has 1 saturated heterocycles. The number of pyridine rings is 1. The summed E-state index contributed by atoms with van der Waals surface area (Å²) in [6, 6.07) is 3.04. The Kier molecular flexibility index (Phi) is 3.06. The van der Waals surface area contributed by atoms with E-state index < -0.39 is 5.97 Å². The van der Waals surface area contributed by atoms with Crippen LogP contribution in [0.3, 0.4) is 0 Å². The van der Waals surface area contributed by atoms with E-state index in [1.54, 1.807) is 12.1 Å². The second kappa shape index (κ2) is 4.50. The molecular weight excluding hydrogens is 222 g/mol. The minimum Gasteiger partial charge on any atom is -0.465 e. The van der Waals surface area contributed by atoms with Crippen LogP contribution in [0.25, 0.3) is 0 Å². The molecule has 1 aromatic heterocycles. The van der Waals surface area contributed by atoms with E-state index in [4.69, 9.17) is 5.73 Å². The van der Waals surface area contributed by atoms with Crippen LogP contribution in [0.15, 0.2) is 18.3 Å². The number of ether oxygens (including phenoxy) is 1. The van der Waals surface area contributed by atoms with Crippen molar-refractivity contribution >= 4 is 17.7 Å². The van der Waals surface area contributed by atoms with Gasteiger partial charge in [-0.15, -0.1) is 0 Å². The maximum Gasteiger partial charge on any atom is 0.339 e. The summed E-state index contributed by atoms with van der Waals surface area (Å²) in [4.78, 5) is 28.4. The summed E-state index contributed by atoms with van der Waals surface area (Å²) in [6.07, 6.45) is 1.72. The molecule has 0 saturated carbocycles. The van der Waals surface area contributed by atoms with Crippen LogP contribution in [0.5, 0.6) is 0 Å². The number of rotatable bonds is 2. The lowest BCUT2D eigenvalue weighted by Crippen LogP contribution is -2.28. The summed E-state index contributed by atoms with van der Waals surface area (Å²) < 4.78 is 4.56. The Morgan fingerprint density at radius 2 is 2.35 bits per heavy atom. The van der Waals surface area contributed by atoms with Crippen LogP contribution >= 0.6 is 0 Å². The standard InChI is InChI=1S/C11H13N3O3/c1-17-11(16)7-2-3-9(13-5-7)14-6-8(12)4-10(14)15/h2-3,5,8H,4,6,12H2,1H3. The summed E-state index contributed by atoms with van der Waals surface area (Å²) in [6.45, 7) is 0.462. The highest BCUT2D eigenvalue weighted by atomic mass is 16.5. The van der Waals surface area contributed by atoms with Crippen LogP contribution in [0.4, 0.5) is 5.82 Å². The van der Waals surface area contributed by atoms with Gasteiger partial charge in [-0.05, 0) is 12.1 Å². The molecule has 17 heavy (non-hydrogen) atoms. The van der Waals surface area contributed by atoms with Crippen molar-refractivity contribution in [3.63, 3.8) is 0 Å². The summed E-state index contributed by atoms with van der Waals surface area (Å²) in [5, 5.41) is 0. The van der Waals surface area contributed by atoms with Crippen LogP contribution in [0.2, 0.25) is 0 Å². The second-order valence-corrected chi connectivity index (χ2v) is 3.87. The van der Waals surface area contributed by atoms with Crippen LogP contribution in [-0.4, -0.2) is 36.6 Å². The van der Waals surface area contributed by atoms with Gasteiger partial charge in [-0.25, -0.2) is 9.78 Å². The van der Waals surface area contributed by atoms with Crippen molar-refractivity contribution in [1.82, 2.24) is 4.98 Å². The topological polar surface area (TPSA) is 85.5 Å². The molecule has 0 spiro atoms. The lowest BCUT2D eigenvalue weighted by atomic mass is 10.3. The Bertz CT molecular complexity index is 444. The van der Waals surface area contributed by atoms with Crippen molar-refractivity contribution in [1.29, 1.82) is 0 Å². The molecule has 6 nitrogen and oxygen atoms in total. The molecule has 0 radical (unpaired) electrons. The Morgan fingerprint density at radius 1 is 1.59 bits per heavy atom. The Morgan fingerprint density at radius 3 is 2.82 bits per heavy atom. The molecule has 0 bridgehead atoms. The van der Waals surface area contributed by atoms with Crippen molar-refractivity contribution < 1.29 is 14.3 Å². The number of carbonyl (C=O) groups excluding carboxylic acids is 2. The minimum absolute atomic E-state index is 0.0455. The van der Waals surface area contributed by atoms with Crippen molar-refractivity contribution in [3.8, 4) is 0 Å². The highest BCUT2D eigenvalue weighted by molar-refractivity contribution is 5.96. The largest absolute Gasteiger partial charge is 0.465 e. The van der Waals surface area contributed by atoms with Crippen molar-refractivity contribution in [2.45, 2.75) is 12.5 Å². The summed E-state index contributed by atoms with van der Waals surface area (Å²) in [5.74, 6) is 0.0138. The third-order valence-corrected chi connectivity index (χ3v) is 2.60. The molecule has 1 atom stereocenters. The fourth-order valence-corrected chi connectivity index (χ4v) is 1.74. The molecule has 1 aliphatic rings. The average molecular weight is 235 g/mol. The highest BCUT2D eigenvalue weighted by Gasteiger charge is 2.28. The number of anilines is 1. The number of hydrogen-bond donors (Lipinski definition) is 1. The zero-order valence-electron chi connectivity index (χ0n) is 9.42. The predicted octanol–water partition coefficient (Wildman–Crippen LogP) is -0.0678. The van der Waals surface area contributed by atoms with Crippen molar-refractivity contribution in [2.75, 3.05) is 18.6 Å². The van der Waals surface area contributed by atoms with Gasteiger partial charge in [-0.1, -0.05) is 0 Å². The predicted molar refractivity (Wildman–Crippen MR) is 60.5 cm³/mol. The molecule has 2 heterocycles. The van der Waals surface area contributed by atoms with Crippen LogP contribution < -0.4 is 10.6 Å². The van der Waals surface area contributed by atoms with Gasteiger partial charge in [0.15, 0.2) is 0 Å². The second-order valence-electron chi connectivity index (χ2n) is 3.87. The number of methoxy groups -OCH3 is 1.